The maximum absolute atomic E-state index is 13.3. The first-order valence-corrected chi connectivity index (χ1v) is 17.5. The molecule has 11 heteroatoms. The standard InChI is InChI=1S/C40H56O11/c1-24-13-12-16-32(41)34(46-7)22-31(23-48-39(45)30-14-10-9-11-15-30)50-38(44)28(5)21-26(3)19-25(2)20-27(4)33(18-17-24)51-40-36(43)35(42)37(47-8)29(6)49-40/h9-11,13-15,17-21,27,29,31-37,40-43H,12,16,22-23H2,1-8H3/b18-17-,24-13+,25-20+,26-19+,28-21-/t27-,29+,31+,32+,33?,34?,35+,36+,37+,40+/m1/s1. The highest BCUT2D eigenvalue weighted by Crippen LogP contribution is 2.27. The van der Waals surface area contributed by atoms with Crippen molar-refractivity contribution in [1.82, 2.24) is 0 Å². The number of aliphatic hydroxyl groups is 3. The summed E-state index contributed by atoms with van der Waals surface area (Å²) in [6.07, 6.45) is 4.55. The van der Waals surface area contributed by atoms with Crippen LogP contribution < -0.4 is 0 Å². The Bertz CT molecular complexity index is 1430. The second-order valence-corrected chi connectivity index (χ2v) is 13.4. The van der Waals surface area contributed by atoms with E-state index in [0.29, 0.717) is 24.0 Å². The molecule has 1 saturated heterocycles. The third-order valence-corrected chi connectivity index (χ3v) is 8.99. The summed E-state index contributed by atoms with van der Waals surface area (Å²) in [7, 11) is 2.93. The second-order valence-electron chi connectivity index (χ2n) is 13.4. The Kier molecular flexibility index (Phi) is 16.9. The van der Waals surface area contributed by atoms with Gasteiger partial charge in [-0.1, -0.05) is 72.2 Å². The highest BCUT2D eigenvalue weighted by Gasteiger charge is 2.44. The Balaban J connectivity index is 1.90. The summed E-state index contributed by atoms with van der Waals surface area (Å²) in [5, 5.41) is 32.6. The molecular weight excluding hydrogens is 656 g/mol. The van der Waals surface area contributed by atoms with Crippen LogP contribution in [0, 0.1) is 5.92 Å². The largest absolute Gasteiger partial charge is 0.458 e. The number of hydrogen-bond acceptors (Lipinski definition) is 11. The van der Waals surface area contributed by atoms with E-state index in [1.807, 2.05) is 58.1 Å². The number of allylic oxidation sites excluding steroid dienone is 7. The monoisotopic (exact) mass is 712 g/mol. The number of methoxy groups -OCH3 is 2. The highest BCUT2D eigenvalue weighted by atomic mass is 16.7. The molecule has 0 aliphatic carbocycles. The smallest absolute Gasteiger partial charge is 0.338 e. The minimum atomic E-state index is -1.32. The van der Waals surface area contributed by atoms with Gasteiger partial charge in [-0.15, -0.1) is 0 Å². The maximum atomic E-state index is 13.3. The zero-order valence-corrected chi connectivity index (χ0v) is 31.1. The topological polar surface area (TPSA) is 150 Å². The lowest BCUT2D eigenvalue weighted by Gasteiger charge is -2.41. The van der Waals surface area contributed by atoms with Gasteiger partial charge in [0.05, 0.1) is 30.0 Å². The van der Waals surface area contributed by atoms with E-state index in [1.165, 1.54) is 14.2 Å². The average Bonchev–Trinajstić information content (AvgIpc) is 3.09. The number of esters is 2. The summed E-state index contributed by atoms with van der Waals surface area (Å²) < 4.78 is 34.5. The van der Waals surface area contributed by atoms with E-state index in [2.05, 4.69) is 0 Å². The van der Waals surface area contributed by atoms with Crippen molar-refractivity contribution in [1.29, 1.82) is 0 Å². The Morgan fingerprint density at radius 1 is 0.922 bits per heavy atom. The normalized spacial score (nSPS) is 36.8. The van der Waals surface area contributed by atoms with Gasteiger partial charge in [0.25, 0.3) is 0 Å². The van der Waals surface area contributed by atoms with Gasteiger partial charge in [-0.25, -0.2) is 9.59 Å². The third-order valence-electron chi connectivity index (χ3n) is 8.99. The van der Waals surface area contributed by atoms with Crippen molar-refractivity contribution in [3.8, 4) is 0 Å². The van der Waals surface area contributed by atoms with Crippen LogP contribution in [-0.2, 0) is 33.2 Å². The molecule has 0 aromatic heterocycles. The maximum Gasteiger partial charge on any atom is 0.338 e. The molecule has 11 nitrogen and oxygen atoms in total. The lowest BCUT2D eigenvalue weighted by Crippen LogP contribution is -2.58. The highest BCUT2D eigenvalue weighted by molar-refractivity contribution is 5.89. The first kappa shape index (κ1) is 42.0. The van der Waals surface area contributed by atoms with Crippen molar-refractivity contribution >= 4 is 11.9 Å². The van der Waals surface area contributed by atoms with Crippen LogP contribution in [0.1, 0.15) is 71.2 Å². The van der Waals surface area contributed by atoms with Crippen LogP contribution in [-0.4, -0.2) is 103 Å². The molecule has 2 aliphatic heterocycles. The van der Waals surface area contributed by atoms with Crippen molar-refractivity contribution in [2.24, 2.45) is 5.92 Å². The molecule has 1 fully saturated rings. The molecule has 0 spiro atoms. The zero-order chi connectivity index (χ0) is 37.7. The van der Waals surface area contributed by atoms with Gasteiger partial charge >= 0.3 is 11.9 Å². The number of benzene rings is 1. The van der Waals surface area contributed by atoms with E-state index in [9.17, 15) is 24.9 Å². The molecule has 2 aliphatic rings. The molecule has 0 bridgehead atoms. The number of carbonyl (C=O) groups is 2. The quantitative estimate of drug-likeness (QED) is 0.322. The molecule has 282 valence electrons. The van der Waals surface area contributed by atoms with Crippen molar-refractivity contribution in [3.05, 3.63) is 94.6 Å². The van der Waals surface area contributed by atoms with E-state index in [-0.39, 0.29) is 18.9 Å². The third kappa shape index (κ3) is 12.9. The average molecular weight is 713 g/mol. The van der Waals surface area contributed by atoms with Gasteiger partial charge < -0.3 is 43.7 Å². The van der Waals surface area contributed by atoms with Crippen LogP contribution in [0.2, 0.25) is 0 Å². The molecule has 2 unspecified atom stereocenters. The molecule has 51 heavy (non-hydrogen) atoms. The minimum Gasteiger partial charge on any atom is -0.458 e. The van der Waals surface area contributed by atoms with Gasteiger partial charge in [0.1, 0.15) is 31.0 Å². The molecule has 3 N–H and O–H groups in total. The molecule has 3 rings (SSSR count). The fourth-order valence-corrected chi connectivity index (χ4v) is 6.18. The van der Waals surface area contributed by atoms with Crippen LogP contribution in [0.25, 0.3) is 0 Å². The lowest BCUT2D eigenvalue weighted by atomic mass is 9.97. The van der Waals surface area contributed by atoms with E-state index in [1.54, 1.807) is 50.3 Å². The Morgan fingerprint density at radius 3 is 2.29 bits per heavy atom. The number of rotatable bonds is 7. The first-order chi connectivity index (χ1) is 24.2. The van der Waals surface area contributed by atoms with Crippen LogP contribution in [0.4, 0.5) is 0 Å². The number of carbonyl (C=O) groups excluding carboxylic acids is 2. The molecule has 0 amide bonds. The summed E-state index contributed by atoms with van der Waals surface area (Å²) in [4.78, 5) is 26.0. The Hall–Kier alpha value is -3.42. The summed E-state index contributed by atoms with van der Waals surface area (Å²) in [5.74, 6) is -1.34. The van der Waals surface area contributed by atoms with Crippen LogP contribution in [0.5, 0.6) is 0 Å². The van der Waals surface area contributed by atoms with Crippen molar-refractivity contribution in [3.63, 3.8) is 0 Å². The van der Waals surface area contributed by atoms with Crippen LogP contribution in [0.15, 0.2) is 89.1 Å². The van der Waals surface area contributed by atoms with Gasteiger partial charge in [0, 0.05) is 32.1 Å². The van der Waals surface area contributed by atoms with E-state index >= 15 is 0 Å². The van der Waals surface area contributed by atoms with Gasteiger partial charge in [-0.05, 0) is 65.7 Å². The number of aliphatic hydroxyl groups excluding tert-OH is 3. The predicted octanol–water partition coefficient (Wildman–Crippen LogP) is 5.16. The summed E-state index contributed by atoms with van der Waals surface area (Å²) in [6, 6.07) is 8.54. The van der Waals surface area contributed by atoms with Gasteiger partial charge in [-0.2, -0.15) is 0 Å². The molecular formula is C40H56O11. The SMILES string of the molecule is COC1C[C@@H](COC(=O)c2ccccc2)OC(=O)\C(C)=C/C(C)=C/C(C)=C/[C@@H](C)C(O[C@@H]2O[C@@H](C)[C@H](OC)[C@@H](O)[C@@H]2O)/C=C\C(C)=C\CC[C@@H]1O. The van der Waals surface area contributed by atoms with Crippen molar-refractivity contribution in [2.45, 2.75) is 116 Å². The Labute approximate surface area is 302 Å². The number of cyclic esters (lactones) is 1. The molecule has 1 aromatic carbocycles. The number of hydrogen-bond donors (Lipinski definition) is 3. The van der Waals surface area contributed by atoms with Crippen LogP contribution >= 0.6 is 0 Å². The van der Waals surface area contributed by atoms with E-state index in [4.69, 9.17) is 28.4 Å². The van der Waals surface area contributed by atoms with Crippen molar-refractivity contribution < 1.29 is 53.3 Å². The van der Waals surface area contributed by atoms with Crippen LogP contribution in [0.3, 0.4) is 0 Å². The first-order valence-electron chi connectivity index (χ1n) is 17.5. The fraction of sp³-hybridized carbons (Fsp3) is 0.550. The van der Waals surface area contributed by atoms with Gasteiger partial charge in [0.2, 0.25) is 0 Å². The molecule has 10 atom stereocenters. The molecule has 2 heterocycles. The molecule has 1 aromatic rings. The number of ether oxygens (including phenoxy) is 6. The predicted molar refractivity (Wildman–Crippen MR) is 193 cm³/mol. The molecule has 0 radical (unpaired) electrons. The summed E-state index contributed by atoms with van der Waals surface area (Å²) >= 11 is 0. The fourth-order valence-electron chi connectivity index (χ4n) is 6.18. The second kappa shape index (κ2) is 20.6. The lowest BCUT2D eigenvalue weighted by molar-refractivity contribution is -0.305. The summed E-state index contributed by atoms with van der Waals surface area (Å²) in [5.41, 5.74) is 3.32. The zero-order valence-electron chi connectivity index (χ0n) is 31.1. The van der Waals surface area contributed by atoms with Crippen molar-refractivity contribution in [2.75, 3.05) is 20.8 Å². The van der Waals surface area contributed by atoms with Gasteiger partial charge in [0.15, 0.2) is 6.29 Å². The van der Waals surface area contributed by atoms with E-state index in [0.717, 1.165) is 16.7 Å². The van der Waals surface area contributed by atoms with Gasteiger partial charge in [-0.3, -0.25) is 0 Å². The Morgan fingerprint density at radius 2 is 1.63 bits per heavy atom. The van der Waals surface area contributed by atoms with E-state index < -0.39 is 67.1 Å². The minimum absolute atomic E-state index is 0.0997. The molecule has 0 saturated carbocycles. The summed E-state index contributed by atoms with van der Waals surface area (Å²) in [6.45, 7) is 10.9.